The molecule has 0 fully saturated rings. The van der Waals surface area contributed by atoms with Crippen molar-refractivity contribution in [2.75, 3.05) is 25.1 Å². The predicted octanol–water partition coefficient (Wildman–Crippen LogP) is 3.70. The van der Waals surface area contributed by atoms with Gasteiger partial charge in [-0.05, 0) is 44.4 Å². The number of nitrogens with one attached hydrogen (secondary N) is 2. The fourth-order valence-corrected chi connectivity index (χ4v) is 3.74. The Hall–Kier alpha value is -2.87. The molecule has 1 aromatic heterocycles. The highest BCUT2D eigenvalue weighted by atomic mass is 32.1. The summed E-state index contributed by atoms with van der Waals surface area (Å²) in [4.78, 5) is 37.6. The van der Waals surface area contributed by atoms with E-state index < -0.39 is 11.9 Å². The molecule has 156 valence electrons. The number of benzene rings is 1. The van der Waals surface area contributed by atoms with Gasteiger partial charge in [-0.15, -0.1) is 11.3 Å². The number of esters is 1. The highest BCUT2D eigenvalue weighted by molar-refractivity contribution is 7.18. The van der Waals surface area contributed by atoms with Gasteiger partial charge >= 0.3 is 5.97 Å². The van der Waals surface area contributed by atoms with Gasteiger partial charge in [0.25, 0.3) is 11.8 Å². The van der Waals surface area contributed by atoms with Gasteiger partial charge in [-0.25, -0.2) is 4.79 Å². The summed E-state index contributed by atoms with van der Waals surface area (Å²) in [6.07, 6.45) is 0.792. The van der Waals surface area contributed by atoms with E-state index in [4.69, 9.17) is 9.47 Å². The molecule has 0 unspecified atom stereocenters. The minimum atomic E-state index is -0.578. The summed E-state index contributed by atoms with van der Waals surface area (Å²) >= 11 is 1.05. The van der Waals surface area contributed by atoms with Crippen LogP contribution in [0.5, 0.6) is 5.75 Å². The zero-order valence-corrected chi connectivity index (χ0v) is 17.9. The van der Waals surface area contributed by atoms with Crippen molar-refractivity contribution in [1.82, 2.24) is 5.32 Å². The number of carbonyl (C=O) groups excluding carboxylic acids is 3. The lowest BCUT2D eigenvalue weighted by atomic mass is 10.1. The van der Waals surface area contributed by atoms with Crippen LogP contribution in [0.1, 0.15) is 51.4 Å². The van der Waals surface area contributed by atoms with Crippen LogP contribution in [0.25, 0.3) is 0 Å². The molecule has 2 amide bonds. The summed E-state index contributed by atoms with van der Waals surface area (Å²) in [6.45, 7) is 7.70. The Balaban J connectivity index is 2.20. The third-order valence-corrected chi connectivity index (χ3v) is 5.28. The third kappa shape index (κ3) is 5.80. The quantitative estimate of drug-likeness (QED) is 0.606. The first-order valence-electron chi connectivity index (χ1n) is 9.45. The summed E-state index contributed by atoms with van der Waals surface area (Å²) in [5, 5.41) is 5.75. The Labute approximate surface area is 174 Å². The SMILES string of the molecule is CCCNC(=O)c1sc(NC(=O)COc2ccccc2C)c(C(=O)OCC)c1C. The van der Waals surface area contributed by atoms with E-state index in [0.717, 1.165) is 23.3 Å². The third-order valence-electron chi connectivity index (χ3n) is 4.07. The summed E-state index contributed by atoms with van der Waals surface area (Å²) in [5.74, 6) is -0.682. The fraction of sp³-hybridized carbons (Fsp3) is 0.381. The molecule has 0 radical (unpaired) electrons. The highest BCUT2D eigenvalue weighted by Gasteiger charge is 2.26. The van der Waals surface area contributed by atoms with Crippen LogP contribution in [0, 0.1) is 13.8 Å². The Morgan fingerprint density at radius 2 is 1.83 bits per heavy atom. The lowest BCUT2D eigenvalue weighted by Crippen LogP contribution is -2.23. The van der Waals surface area contributed by atoms with Gasteiger partial charge < -0.3 is 20.1 Å². The smallest absolute Gasteiger partial charge is 0.341 e. The Morgan fingerprint density at radius 1 is 1.10 bits per heavy atom. The van der Waals surface area contributed by atoms with Gasteiger partial charge in [0.05, 0.1) is 17.0 Å². The van der Waals surface area contributed by atoms with E-state index in [-0.39, 0.29) is 29.7 Å². The van der Waals surface area contributed by atoms with Crippen molar-refractivity contribution in [2.45, 2.75) is 34.1 Å². The van der Waals surface area contributed by atoms with E-state index >= 15 is 0 Å². The van der Waals surface area contributed by atoms with Crippen molar-refractivity contribution >= 4 is 34.1 Å². The number of hydrogen-bond acceptors (Lipinski definition) is 6. The van der Waals surface area contributed by atoms with Crippen LogP contribution < -0.4 is 15.4 Å². The zero-order chi connectivity index (χ0) is 21.4. The zero-order valence-electron chi connectivity index (χ0n) is 17.1. The van der Waals surface area contributed by atoms with Gasteiger partial charge in [0.15, 0.2) is 6.61 Å². The first-order valence-corrected chi connectivity index (χ1v) is 10.3. The molecule has 0 bridgehead atoms. The predicted molar refractivity (Wildman–Crippen MR) is 113 cm³/mol. The first-order chi connectivity index (χ1) is 13.9. The number of thiophene rings is 1. The minimum Gasteiger partial charge on any atom is -0.483 e. The van der Waals surface area contributed by atoms with Gasteiger partial charge in [0.2, 0.25) is 0 Å². The second-order valence-corrected chi connectivity index (χ2v) is 7.36. The molecule has 0 atom stereocenters. The molecule has 2 rings (SSSR count). The van der Waals surface area contributed by atoms with E-state index in [2.05, 4.69) is 10.6 Å². The number of para-hydroxylation sites is 1. The number of aryl methyl sites for hydroxylation is 1. The van der Waals surface area contributed by atoms with Gasteiger partial charge in [-0.1, -0.05) is 25.1 Å². The molecular weight excluding hydrogens is 392 g/mol. The number of hydrogen-bond donors (Lipinski definition) is 2. The van der Waals surface area contributed by atoms with Crippen LogP contribution in [-0.2, 0) is 9.53 Å². The molecule has 1 heterocycles. The van der Waals surface area contributed by atoms with Crippen LogP contribution in [0.3, 0.4) is 0 Å². The van der Waals surface area contributed by atoms with Gasteiger partial charge in [-0.3, -0.25) is 9.59 Å². The largest absolute Gasteiger partial charge is 0.483 e. The van der Waals surface area contributed by atoms with Gasteiger partial charge in [0, 0.05) is 6.54 Å². The molecule has 0 aliphatic carbocycles. The van der Waals surface area contributed by atoms with E-state index in [9.17, 15) is 14.4 Å². The molecule has 7 nitrogen and oxygen atoms in total. The summed E-state index contributed by atoms with van der Waals surface area (Å²) in [6, 6.07) is 7.37. The van der Waals surface area contributed by atoms with Crippen molar-refractivity contribution in [2.24, 2.45) is 0 Å². The Morgan fingerprint density at radius 3 is 2.48 bits per heavy atom. The molecule has 0 aliphatic heterocycles. The molecule has 29 heavy (non-hydrogen) atoms. The summed E-state index contributed by atoms with van der Waals surface area (Å²) in [7, 11) is 0. The number of carbonyl (C=O) groups is 3. The number of amides is 2. The number of ether oxygens (including phenoxy) is 2. The lowest BCUT2D eigenvalue weighted by molar-refractivity contribution is -0.118. The molecule has 0 saturated heterocycles. The van der Waals surface area contributed by atoms with Crippen LogP contribution in [0.15, 0.2) is 24.3 Å². The topological polar surface area (TPSA) is 93.7 Å². The average molecular weight is 419 g/mol. The average Bonchev–Trinajstić information content (AvgIpc) is 3.01. The molecule has 2 N–H and O–H groups in total. The fourth-order valence-electron chi connectivity index (χ4n) is 2.61. The second-order valence-electron chi connectivity index (χ2n) is 6.34. The van der Waals surface area contributed by atoms with Gasteiger partial charge in [0.1, 0.15) is 10.8 Å². The van der Waals surface area contributed by atoms with Crippen molar-refractivity contribution in [1.29, 1.82) is 0 Å². The van der Waals surface area contributed by atoms with Crippen LogP contribution in [0.2, 0.25) is 0 Å². The monoisotopic (exact) mass is 418 g/mol. The molecule has 1 aromatic carbocycles. The molecule has 0 aliphatic rings. The molecular formula is C21H26N2O5S. The van der Waals surface area contributed by atoms with Crippen molar-refractivity contribution in [3.63, 3.8) is 0 Å². The minimum absolute atomic E-state index is 0.190. The van der Waals surface area contributed by atoms with Crippen LogP contribution in [-0.4, -0.2) is 37.5 Å². The molecule has 0 saturated carbocycles. The Bertz CT molecular complexity index is 891. The maximum absolute atomic E-state index is 12.4. The maximum Gasteiger partial charge on any atom is 0.341 e. The van der Waals surface area contributed by atoms with Crippen molar-refractivity contribution in [3.05, 3.63) is 45.8 Å². The molecule has 0 spiro atoms. The highest BCUT2D eigenvalue weighted by Crippen LogP contribution is 2.34. The lowest BCUT2D eigenvalue weighted by Gasteiger charge is -2.10. The standard InChI is InChI=1S/C21H26N2O5S/c1-5-11-22-19(25)18-14(4)17(21(26)27-6-2)20(29-18)23-16(24)12-28-15-10-8-7-9-13(15)3/h7-10H,5-6,11-12H2,1-4H3,(H,22,25)(H,23,24). The van der Waals surface area contributed by atoms with E-state index in [1.807, 2.05) is 32.0 Å². The van der Waals surface area contributed by atoms with E-state index in [1.54, 1.807) is 19.9 Å². The second kappa shape index (κ2) is 10.6. The molecule has 2 aromatic rings. The van der Waals surface area contributed by atoms with E-state index in [0.29, 0.717) is 22.7 Å². The normalized spacial score (nSPS) is 10.3. The Kier molecular flexibility index (Phi) is 8.21. The maximum atomic E-state index is 12.4. The van der Waals surface area contributed by atoms with Crippen LogP contribution in [0.4, 0.5) is 5.00 Å². The molecule has 8 heteroatoms. The van der Waals surface area contributed by atoms with Crippen molar-refractivity contribution in [3.8, 4) is 5.75 Å². The first kappa shape index (κ1) is 22.4. The number of anilines is 1. The summed E-state index contributed by atoms with van der Waals surface area (Å²) < 4.78 is 10.7. The van der Waals surface area contributed by atoms with Crippen LogP contribution >= 0.6 is 11.3 Å². The van der Waals surface area contributed by atoms with E-state index in [1.165, 1.54) is 0 Å². The van der Waals surface area contributed by atoms with Gasteiger partial charge in [-0.2, -0.15) is 0 Å². The number of rotatable bonds is 9. The summed E-state index contributed by atoms with van der Waals surface area (Å²) in [5.41, 5.74) is 1.59. The van der Waals surface area contributed by atoms with Crippen molar-refractivity contribution < 1.29 is 23.9 Å².